The third kappa shape index (κ3) is 3.17. The average Bonchev–Trinajstić information content (AvgIpc) is 3.54. The summed E-state index contributed by atoms with van der Waals surface area (Å²) in [6, 6.07) is 48.8. The second-order valence-electron chi connectivity index (χ2n) is 10.1. The molecular formula is C37H23N3. The quantitative estimate of drug-likeness (QED) is 0.210. The summed E-state index contributed by atoms with van der Waals surface area (Å²) in [4.78, 5) is 4.00. The number of para-hydroxylation sites is 5. The van der Waals surface area contributed by atoms with E-state index in [0.29, 0.717) is 5.69 Å². The van der Waals surface area contributed by atoms with E-state index in [2.05, 4.69) is 141 Å². The molecule has 40 heavy (non-hydrogen) atoms. The number of hydrogen-bond acceptors (Lipinski definition) is 0. The van der Waals surface area contributed by atoms with Gasteiger partial charge in [-0.15, -0.1) is 0 Å². The van der Waals surface area contributed by atoms with Crippen molar-refractivity contribution < 1.29 is 0 Å². The number of nitrogens with zero attached hydrogens (tertiary/aromatic N) is 3. The molecule has 0 aliphatic carbocycles. The van der Waals surface area contributed by atoms with Gasteiger partial charge in [-0.05, 0) is 47.5 Å². The lowest BCUT2D eigenvalue weighted by molar-refractivity contribution is 1.17. The predicted molar refractivity (Wildman–Crippen MR) is 167 cm³/mol. The minimum absolute atomic E-state index is 0.631. The van der Waals surface area contributed by atoms with Crippen molar-refractivity contribution >= 4 is 49.3 Å². The van der Waals surface area contributed by atoms with Crippen molar-refractivity contribution in [2.45, 2.75) is 0 Å². The number of hydrogen-bond donors (Lipinski definition) is 0. The molecule has 8 aromatic rings. The summed E-state index contributed by atoms with van der Waals surface area (Å²) in [5, 5.41) is 4.85. The molecule has 0 aliphatic heterocycles. The first-order valence-corrected chi connectivity index (χ1v) is 13.4. The monoisotopic (exact) mass is 509 g/mol. The summed E-state index contributed by atoms with van der Waals surface area (Å²) in [6.45, 7) is 8.11. The van der Waals surface area contributed by atoms with Crippen molar-refractivity contribution in [3.8, 4) is 22.5 Å². The van der Waals surface area contributed by atoms with Crippen LogP contribution in [-0.2, 0) is 0 Å². The Morgan fingerprint density at radius 3 is 1.45 bits per heavy atom. The Morgan fingerprint density at radius 2 is 0.925 bits per heavy atom. The van der Waals surface area contributed by atoms with E-state index in [-0.39, 0.29) is 0 Å². The van der Waals surface area contributed by atoms with Gasteiger partial charge >= 0.3 is 0 Å². The van der Waals surface area contributed by atoms with E-state index in [1.807, 2.05) is 12.1 Å². The Labute approximate surface area is 231 Å². The fraction of sp³-hybridized carbons (Fsp3) is 0. The van der Waals surface area contributed by atoms with Crippen molar-refractivity contribution in [2.24, 2.45) is 0 Å². The molecule has 0 saturated carbocycles. The van der Waals surface area contributed by atoms with Gasteiger partial charge in [-0.3, -0.25) is 0 Å². The first-order chi connectivity index (χ1) is 19.8. The maximum atomic E-state index is 8.11. The maximum absolute atomic E-state index is 8.11. The maximum Gasteiger partial charge on any atom is 0.211 e. The molecule has 186 valence electrons. The lowest BCUT2D eigenvalue weighted by Crippen LogP contribution is -1.99. The van der Waals surface area contributed by atoms with Gasteiger partial charge < -0.3 is 9.13 Å². The third-order valence-corrected chi connectivity index (χ3v) is 7.93. The normalized spacial score (nSPS) is 11.5. The highest BCUT2D eigenvalue weighted by molar-refractivity contribution is 6.11. The molecule has 0 amide bonds. The van der Waals surface area contributed by atoms with Gasteiger partial charge in [-0.1, -0.05) is 103 Å². The molecule has 6 aromatic carbocycles. The zero-order valence-corrected chi connectivity index (χ0v) is 21.6. The average molecular weight is 510 g/mol. The second kappa shape index (κ2) is 8.73. The van der Waals surface area contributed by atoms with Crippen LogP contribution in [0.1, 0.15) is 0 Å². The zero-order valence-electron chi connectivity index (χ0n) is 21.6. The summed E-state index contributed by atoms with van der Waals surface area (Å²) in [6.07, 6.45) is 0. The molecule has 0 radical (unpaired) electrons. The first-order valence-electron chi connectivity index (χ1n) is 13.4. The standard InChI is InChI=1S/C37H23N3/c1-38-32-19-11-18-27(37(32)40-35-22-8-4-16-30(35)31-17-5-9-23-36(31)40)25-12-10-13-26(24-25)39-33-20-6-2-14-28(33)29-15-3-7-21-34(29)39/h2-24H. The van der Waals surface area contributed by atoms with E-state index < -0.39 is 0 Å². The van der Waals surface area contributed by atoms with Gasteiger partial charge in [-0.25, -0.2) is 4.85 Å². The van der Waals surface area contributed by atoms with Crippen molar-refractivity contribution in [3.05, 3.63) is 151 Å². The number of aromatic nitrogens is 2. The number of fused-ring (bicyclic) bond motifs is 6. The molecule has 0 spiro atoms. The molecule has 2 heterocycles. The highest BCUT2D eigenvalue weighted by Crippen LogP contribution is 2.41. The van der Waals surface area contributed by atoms with E-state index in [0.717, 1.165) is 33.5 Å². The van der Waals surface area contributed by atoms with E-state index in [4.69, 9.17) is 6.57 Å². The van der Waals surface area contributed by atoms with E-state index >= 15 is 0 Å². The van der Waals surface area contributed by atoms with E-state index in [9.17, 15) is 0 Å². The zero-order chi connectivity index (χ0) is 26.6. The van der Waals surface area contributed by atoms with Gasteiger partial charge in [0.15, 0.2) is 0 Å². The van der Waals surface area contributed by atoms with Crippen LogP contribution in [-0.4, -0.2) is 9.13 Å². The van der Waals surface area contributed by atoms with E-state index in [1.54, 1.807) is 0 Å². The van der Waals surface area contributed by atoms with Crippen LogP contribution in [0.15, 0.2) is 140 Å². The number of benzene rings is 6. The Morgan fingerprint density at radius 1 is 0.450 bits per heavy atom. The first kappa shape index (κ1) is 22.4. The van der Waals surface area contributed by atoms with Crippen LogP contribution >= 0.6 is 0 Å². The molecule has 0 bridgehead atoms. The highest BCUT2D eigenvalue weighted by atomic mass is 15.0. The Hall–Kier alpha value is -5.59. The summed E-state index contributed by atoms with van der Waals surface area (Å²) in [7, 11) is 0. The summed E-state index contributed by atoms with van der Waals surface area (Å²) in [5.41, 5.74) is 9.29. The van der Waals surface area contributed by atoms with Crippen LogP contribution in [0.5, 0.6) is 0 Å². The van der Waals surface area contributed by atoms with Crippen LogP contribution in [0, 0.1) is 6.57 Å². The van der Waals surface area contributed by atoms with Gasteiger partial charge in [0.2, 0.25) is 5.69 Å². The van der Waals surface area contributed by atoms with Crippen LogP contribution in [0.2, 0.25) is 0 Å². The Bertz CT molecular complexity index is 2180. The highest BCUT2D eigenvalue weighted by Gasteiger charge is 2.19. The molecule has 3 heteroatoms. The van der Waals surface area contributed by atoms with Crippen molar-refractivity contribution in [1.82, 2.24) is 9.13 Å². The largest absolute Gasteiger partial charge is 0.318 e. The van der Waals surface area contributed by atoms with Crippen molar-refractivity contribution in [3.63, 3.8) is 0 Å². The van der Waals surface area contributed by atoms with Crippen molar-refractivity contribution in [2.75, 3.05) is 0 Å². The summed E-state index contributed by atoms with van der Waals surface area (Å²) >= 11 is 0. The SMILES string of the molecule is [C-]#[N+]c1cccc(-c2cccc(-n3c4ccccc4c4ccccc43)c2)c1-n1c2ccccc2c2ccccc21. The molecule has 0 aliphatic rings. The number of rotatable bonds is 3. The van der Waals surface area contributed by atoms with Crippen molar-refractivity contribution in [1.29, 1.82) is 0 Å². The van der Waals surface area contributed by atoms with Gasteiger partial charge in [0.25, 0.3) is 0 Å². The van der Waals surface area contributed by atoms with Gasteiger partial charge in [0.05, 0.1) is 34.3 Å². The molecule has 0 fully saturated rings. The van der Waals surface area contributed by atoms with Gasteiger partial charge in [0, 0.05) is 27.2 Å². The molecular weight excluding hydrogens is 486 g/mol. The lowest BCUT2D eigenvalue weighted by Gasteiger charge is -2.17. The Balaban J connectivity index is 1.43. The molecule has 0 N–H and O–H groups in total. The predicted octanol–water partition coefficient (Wildman–Crippen LogP) is 10.1. The van der Waals surface area contributed by atoms with Gasteiger partial charge in [-0.2, -0.15) is 0 Å². The molecule has 3 nitrogen and oxygen atoms in total. The molecule has 0 saturated heterocycles. The van der Waals surface area contributed by atoms with Crippen LogP contribution in [0.25, 0.3) is 71.0 Å². The summed E-state index contributed by atoms with van der Waals surface area (Å²) in [5.74, 6) is 0. The topological polar surface area (TPSA) is 14.2 Å². The molecule has 8 rings (SSSR count). The van der Waals surface area contributed by atoms with Gasteiger partial charge in [0.1, 0.15) is 0 Å². The van der Waals surface area contributed by atoms with Crippen LogP contribution in [0.4, 0.5) is 5.69 Å². The molecule has 0 atom stereocenters. The fourth-order valence-corrected chi connectivity index (χ4v) is 6.27. The fourth-order valence-electron chi connectivity index (χ4n) is 6.27. The van der Waals surface area contributed by atoms with E-state index in [1.165, 1.54) is 32.6 Å². The minimum Gasteiger partial charge on any atom is -0.318 e. The smallest absolute Gasteiger partial charge is 0.211 e. The Kier molecular flexibility index (Phi) is 4.89. The third-order valence-electron chi connectivity index (χ3n) is 7.93. The second-order valence-corrected chi connectivity index (χ2v) is 10.1. The molecule has 2 aromatic heterocycles. The lowest BCUT2D eigenvalue weighted by atomic mass is 10.0. The minimum atomic E-state index is 0.631. The molecule has 0 unspecified atom stereocenters. The van der Waals surface area contributed by atoms with Crippen LogP contribution < -0.4 is 0 Å². The van der Waals surface area contributed by atoms with Crippen LogP contribution in [0.3, 0.4) is 0 Å². The summed E-state index contributed by atoms with van der Waals surface area (Å²) < 4.78 is 4.60.